The predicted molar refractivity (Wildman–Crippen MR) is 80.7 cm³/mol. The number of hydrogen-bond acceptors (Lipinski definition) is 7. The van der Waals surface area contributed by atoms with Gasteiger partial charge in [0.2, 0.25) is 5.89 Å². The van der Waals surface area contributed by atoms with Gasteiger partial charge in [-0.05, 0) is 41.0 Å². The Hall–Kier alpha value is -1.25. The second kappa shape index (κ2) is 6.25. The van der Waals surface area contributed by atoms with Crippen molar-refractivity contribution in [3.8, 4) is 10.8 Å². The lowest BCUT2D eigenvalue weighted by Crippen LogP contribution is -2.23. The van der Waals surface area contributed by atoms with Gasteiger partial charge in [0.1, 0.15) is 0 Å². The molecule has 0 radical (unpaired) electrons. The van der Waals surface area contributed by atoms with Gasteiger partial charge < -0.3 is 9.15 Å². The van der Waals surface area contributed by atoms with E-state index in [0.717, 1.165) is 21.6 Å². The van der Waals surface area contributed by atoms with E-state index in [1.807, 2.05) is 12.1 Å². The molecule has 0 bridgehead atoms. The Kier molecular flexibility index (Phi) is 4.37. The first kappa shape index (κ1) is 14.7. The normalized spacial score (nSPS) is 19.0. The average molecular weight is 372 g/mol. The SMILES string of the molecule is COC(=O)C1CCN(Cc2nnc(-c3ccc(Br)s3)o2)C1. The van der Waals surface area contributed by atoms with Crippen LogP contribution in [0.25, 0.3) is 10.8 Å². The summed E-state index contributed by atoms with van der Waals surface area (Å²) >= 11 is 4.96. The van der Waals surface area contributed by atoms with Gasteiger partial charge in [-0.15, -0.1) is 21.5 Å². The Labute approximate surface area is 134 Å². The second-order valence-corrected chi connectivity index (χ2v) is 7.31. The van der Waals surface area contributed by atoms with E-state index in [1.165, 1.54) is 7.11 Å². The van der Waals surface area contributed by atoms with E-state index in [9.17, 15) is 4.79 Å². The number of likely N-dealkylation sites (tertiary alicyclic amines) is 1. The van der Waals surface area contributed by atoms with Gasteiger partial charge in [-0.1, -0.05) is 0 Å². The molecule has 1 atom stereocenters. The van der Waals surface area contributed by atoms with Crippen molar-refractivity contribution in [1.82, 2.24) is 15.1 Å². The summed E-state index contributed by atoms with van der Waals surface area (Å²) in [5.41, 5.74) is 0. The van der Waals surface area contributed by atoms with Crippen LogP contribution < -0.4 is 0 Å². The van der Waals surface area contributed by atoms with Gasteiger partial charge in [0, 0.05) is 6.54 Å². The van der Waals surface area contributed by atoms with Crippen molar-refractivity contribution in [3.63, 3.8) is 0 Å². The van der Waals surface area contributed by atoms with Crippen LogP contribution in [0.1, 0.15) is 12.3 Å². The predicted octanol–water partition coefficient (Wildman–Crippen LogP) is 2.56. The summed E-state index contributed by atoms with van der Waals surface area (Å²) in [6.45, 7) is 2.07. The fourth-order valence-corrected chi connectivity index (χ4v) is 3.68. The Morgan fingerprint density at radius 1 is 1.57 bits per heavy atom. The van der Waals surface area contributed by atoms with Crippen LogP contribution in [-0.4, -0.2) is 41.3 Å². The Morgan fingerprint density at radius 2 is 2.43 bits per heavy atom. The lowest BCUT2D eigenvalue weighted by molar-refractivity contribution is -0.144. The maximum Gasteiger partial charge on any atom is 0.310 e. The number of methoxy groups -OCH3 is 1. The number of carbonyl (C=O) groups excluding carboxylic acids is 1. The molecule has 2 aromatic rings. The molecule has 0 aromatic carbocycles. The molecule has 1 fully saturated rings. The summed E-state index contributed by atoms with van der Waals surface area (Å²) in [5.74, 6) is 0.905. The molecule has 1 aliphatic rings. The smallest absolute Gasteiger partial charge is 0.310 e. The van der Waals surface area contributed by atoms with Crippen LogP contribution in [0.2, 0.25) is 0 Å². The van der Waals surface area contributed by atoms with Crippen molar-refractivity contribution < 1.29 is 13.9 Å². The van der Waals surface area contributed by atoms with Gasteiger partial charge in [-0.2, -0.15) is 0 Å². The van der Waals surface area contributed by atoms with Gasteiger partial charge in [0.15, 0.2) is 0 Å². The molecule has 3 rings (SSSR count). The number of aromatic nitrogens is 2. The lowest BCUT2D eigenvalue weighted by atomic mass is 10.1. The minimum absolute atomic E-state index is 0.0503. The molecule has 21 heavy (non-hydrogen) atoms. The van der Waals surface area contributed by atoms with Crippen LogP contribution in [0.5, 0.6) is 0 Å². The van der Waals surface area contributed by atoms with Crippen LogP contribution in [0.3, 0.4) is 0 Å². The molecule has 1 aliphatic heterocycles. The fraction of sp³-hybridized carbons (Fsp3) is 0.462. The van der Waals surface area contributed by atoms with Crippen molar-refractivity contribution in [2.24, 2.45) is 5.92 Å². The Balaban J connectivity index is 1.62. The number of thiophene rings is 1. The third-order valence-electron chi connectivity index (χ3n) is 3.42. The van der Waals surface area contributed by atoms with E-state index in [-0.39, 0.29) is 11.9 Å². The van der Waals surface area contributed by atoms with Gasteiger partial charge in [-0.25, -0.2) is 0 Å². The van der Waals surface area contributed by atoms with Gasteiger partial charge in [0.25, 0.3) is 5.89 Å². The molecule has 0 amide bonds. The fourth-order valence-electron chi connectivity index (χ4n) is 2.37. The Bertz CT molecular complexity index is 642. The number of rotatable bonds is 4. The highest BCUT2D eigenvalue weighted by Gasteiger charge is 2.29. The van der Waals surface area contributed by atoms with Crippen molar-refractivity contribution in [1.29, 1.82) is 0 Å². The van der Waals surface area contributed by atoms with Crippen LogP contribution in [0.15, 0.2) is 20.3 Å². The second-order valence-electron chi connectivity index (χ2n) is 4.85. The molecule has 0 aliphatic carbocycles. The van der Waals surface area contributed by atoms with Crippen LogP contribution in [-0.2, 0) is 16.1 Å². The zero-order chi connectivity index (χ0) is 14.8. The largest absolute Gasteiger partial charge is 0.469 e. The number of nitrogens with zero attached hydrogens (tertiary/aromatic N) is 3. The third kappa shape index (κ3) is 3.33. The maximum absolute atomic E-state index is 11.5. The topological polar surface area (TPSA) is 68.5 Å². The molecular formula is C13H14BrN3O3S. The van der Waals surface area contributed by atoms with Crippen molar-refractivity contribution >= 4 is 33.2 Å². The molecule has 0 N–H and O–H groups in total. The molecular weight excluding hydrogens is 358 g/mol. The maximum atomic E-state index is 11.5. The van der Waals surface area contributed by atoms with Crippen LogP contribution in [0, 0.1) is 5.92 Å². The highest BCUT2D eigenvalue weighted by Crippen LogP contribution is 2.30. The molecule has 112 valence electrons. The zero-order valence-corrected chi connectivity index (χ0v) is 13.8. The average Bonchev–Trinajstić information content (AvgIpc) is 3.19. The van der Waals surface area contributed by atoms with Crippen molar-refractivity contribution in [2.75, 3.05) is 20.2 Å². The highest BCUT2D eigenvalue weighted by atomic mass is 79.9. The quantitative estimate of drug-likeness (QED) is 0.769. The minimum atomic E-state index is -0.146. The first-order valence-electron chi connectivity index (χ1n) is 6.54. The van der Waals surface area contributed by atoms with Crippen molar-refractivity contribution in [2.45, 2.75) is 13.0 Å². The zero-order valence-electron chi connectivity index (χ0n) is 11.4. The molecule has 0 spiro atoms. The third-order valence-corrected chi connectivity index (χ3v) is 5.03. The Morgan fingerprint density at radius 3 is 3.14 bits per heavy atom. The van der Waals surface area contributed by atoms with E-state index >= 15 is 0 Å². The summed E-state index contributed by atoms with van der Waals surface area (Å²) < 4.78 is 11.5. The number of ether oxygens (including phenoxy) is 1. The summed E-state index contributed by atoms with van der Waals surface area (Å²) in [5, 5.41) is 8.14. The molecule has 1 unspecified atom stereocenters. The molecule has 1 saturated heterocycles. The van der Waals surface area contributed by atoms with Crippen molar-refractivity contribution in [3.05, 3.63) is 21.8 Å². The van der Waals surface area contributed by atoms with Crippen LogP contribution in [0.4, 0.5) is 0 Å². The van der Waals surface area contributed by atoms with Crippen LogP contribution >= 0.6 is 27.3 Å². The van der Waals surface area contributed by atoms with E-state index in [4.69, 9.17) is 9.15 Å². The highest BCUT2D eigenvalue weighted by molar-refractivity contribution is 9.11. The monoisotopic (exact) mass is 371 g/mol. The van der Waals surface area contributed by atoms with Gasteiger partial charge in [-0.3, -0.25) is 9.69 Å². The number of esters is 1. The first-order valence-corrected chi connectivity index (χ1v) is 8.15. The van der Waals surface area contributed by atoms with E-state index < -0.39 is 0 Å². The first-order chi connectivity index (χ1) is 10.2. The van der Waals surface area contributed by atoms with Gasteiger partial charge >= 0.3 is 5.97 Å². The van der Waals surface area contributed by atoms with E-state index in [0.29, 0.717) is 24.9 Å². The summed E-state index contributed by atoms with van der Waals surface area (Å²) in [6.07, 6.45) is 0.811. The lowest BCUT2D eigenvalue weighted by Gasteiger charge is -2.12. The summed E-state index contributed by atoms with van der Waals surface area (Å²) in [6, 6.07) is 3.89. The molecule has 8 heteroatoms. The molecule has 3 heterocycles. The van der Waals surface area contributed by atoms with Gasteiger partial charge in [0.05, 0.1) is 28.2 Å². The number of carbonyl (C=O) groups is 1. The number of halogens is 1. The molecule has 6 nitrogen and oxygen atoms in total. The number of hydrogen-bond donors (Lipinski definition) is 0. The molecule has 2 aromatic heterocycles. The van der Waals surface area contributed by atoms with E-state index in [2.05, 4.69) is 31.0 Å². The summed E-state index contributed by atoms with van der Waals surface area (Å²) in [4.78, 5) is 14.6. The standard InChI is InChI=1S/C13H14BrN3O3S/c1-19-13(18)8-4-5-17(6-8)7-11-15-16-12(20-11)9-2-3-10(14)21-9/h2-3,8H,4-7H2,1H3. The minimum Gasteiger partial charge on any atom is -0.469 e. The summed E-state index contributed by atoms with van der Waals surface area (Å²) in [7, 11) is 1.43. The molecule has 0 saturated carbocycles. The van der Waals surface area contributed by atoms with E-state index in [1.54, 1.807) is 11.3 Å².